The average molecular weight is 262 g/mol. The Morgan fingerprint density at radius 1 is 1.37 bits per heavy atom. The van der Waals surface area contributed by atoms with E-state index in [1.807, 2.05) is 20.2 Å². The Labute approximate surface area is 116 Å². The number of nitrogens with one attached hydrogen (secondary N) is 2. The van der Waals surface area contributed by atoms with Gasteiger partial charge in [-0.15, -0.1) is 0 Å². The molecule has 0 bridgehead atoms. The molecule has 1 heterocycles. The van der Waals surface area contributed by atoms with Crippen LogP contribution in [0.4, 0.5) is 11.8 Å². The van der Waals surface area contributed by atoms with Crippen molar-refractivity contribution in [3.63, 3.8) is 0 Å². The van der Waals surface area contributed by atoms with Crippen molar-refractivity contribution < 1.29 is 0 Å². The SMILES string of the molecule is CNc1ncc(C)c(NCCC2CCCC(C)C2)n1. The number of hydrogen-bond donors (Lipinski definition) is 2. The number of aromatic nitrogens is 2. The monoisotopic (exact) mass is 262 g/mol. The van der Waals surface area contributed by atoms with Gasteiger partial charge in [0.15, 0.2) is 0 Å². The highest BCUT2D eigenvalue weighted by Gasteiger charge is 2.18. The van der Waals surface area contributed by atoms with Crippen molar-refractivity contribution in [2.75, 3.05) is 24.2 Å². The summed E-state index contributed by atoms with van der Waals surface area (Å²) in [5, 5.41) is 6.44. The van der Waals surface area contributed by atoms with E-state index in [2.05, 4.69) is 27.5 Å². The van der Waals surface area contributed by atoms with Crippen LogP contribution in [0.5, 0.6) is 0 Å². The van der Waals surface area contributed by atoms with Crippen molar-refractivity contribution in [2.24, 2.45) is 11.8 Å². The molecule has 4 nitrogen and oxygen atoms in total. The van der Waals surface area contributed by atoms with E-state index >= 15 is 0 Å². The Kier molecular flexibility index (Phi) is 5.00. The fourth-order valence-electron chi connectivity index (χ4n) is 2.96. The summed E-state index contributed by atoms with van der Waals surface area (Å²) >= 11 is 0. The summed E-state index contributed by atoms with van der Waals surface area (Å²) in [5.74, 6) is 3.44. The summed E-state index contributed by atoms with van der Waals surface area (Å²) in [7, 11) is 1.85. The van der Waals surface area contributed by atoms with Gasteiger partial charge in [-0.05, 0) is 31.6 Å². The minimum absolute atomic E-state index is 0.680. The zero-order valence-electron chi connectivity index (χ0n) is 12.4. The molecule has 0 radical (unpaired) electrons. The maximum atomic E-state index is 4.46. The molecule has 2 N–H and O–H groups in total. The summed E-state index contributed by atoms with van der Waals surface area (Å²) < 4.78 is 0. The van der Waals surface area contributed by atoms with Crippen LogP contribution in [0.1, 0.15) is 44.6 Å². The Bertz CT molecular complexity index is 405. The van der Waals surface area contributed by atoms with Gasteiger partial charge in [0.1, 0.15) is 5.82 Å². The third kappa shape index (κ3) is 4.08. The smallest absolute Gasteiger partial charge is 0.224 e. The zero-order valence-corrected chi connectivity index (χ0v) is 12.4. The first-order valence-corrected chi connectivity index (χ1v) is 7.44. The molecule has 2 unspecified atom stereocenters. The van der Waals surface area contributed by atoms with Crippen molar-refractivity contribution in [2.45, 2.75) is 46.0 Å². The molecule has 106 valence electrons. The molecule has 0 aliphatic heterocycles. The van der Waals surface area contributed by atoms with Gasteiger partial charge in [-0.2, -0.15) is 4.98 Å². The molecule has 4 heteroatoms. The van der Waals surface area contributed by atoms with Gasteiger partial charge in [0.05, 0.1) is 0 Å². The average Bonchev–Trinajstić information content (AvgIpc) is 2.41. The van der Waals surface area contributed by atoms with Crippen LogP contribution in [0.3, 0.4) is 0 Å². The molecule has 1 aromatic heterocycles. The molecule has 1 aliphatic rings. The lowest BCUT2D eigenvalue weighted by Gasteiger charge is -2.26. The van der Waals surface area contributed by atoms with E-state index in [1.54, 1.807) is 0 Å². The molecule has 0 amide bonds. The summed E-state index contributed by atoms with van der Waals surface area (Å²) in [4.78, 5) is 8.66. The van der Waals surface area contributed by atoms with Gasteiger partial charge in [0.25, 0.3) is 0 Å². The van der Waals surface area contributed by atoms with E-state index in [0.29, 0.717) is 5.95 Å². The Morgan fingerprint density at radius 3 is 2.95 bits per heavy atom. The van der Waals surface area contributed by atoms with Gasteiger partial charge < -0.3 is 10.6 Å². The first-order valence-electron chi connectivity index (χ1n) is 7.44. The summed E-state index contributed by atoms with van der Waals surface area (Å²) in [6, 6.07) is 0. The van der Waals surface area contributed by atoms with Crippen LogP contribution in [0, 0.1) is 18.8 Å². The third-order valence-electron chi connectivity index (χ3n) is 4.09. The first kappa shape index (κ1) is 14.1. The molecule has 1 aliphatic carbocycles. The van der Waals surface area contributed by atoms with Gasteiger partial charge >= 0.3 is 0 Å². The molecule has 0 saturated heterocycles. The largest absolute Gasteiger partial charge is 0.370 e. The fraction of sp³-hybridized carbons (Fsp3) is 0.733. The highest BCUT2D eigenvalue weighted by molar-refractivity contribution is 5.46. The van der Waals surface area contributed by atoms with E-state index in [1.165, 1.54) is 32.1 Å². The lowest BCUT2D eigenvalue weighted by atomic mass is 9.81. The molecule has 1 fully saturated rings. The number of aryl methyl sites for hydroxylation is 1. The van der Waals surface area contributed by atoms with Crippen LogP contribution in [-0.4, -0.2) is 23.6 Å². The zero-order chi connectivity index (χ0) is 13.7. The molecule has 2 atom stereocenters. The Morgan fingerprint density at radius 2 is 2.21 bits per heavy atom. The predicted octanol–water partition coefficient (Wildman–Crippen LogP) is 3.46. The van der Waals surface area contributed by atoms with Gasteiger partial charge in [-0.3, -0.25) is 0 Å². The van der Waals surface area contributed by atoms with E-state index < -0.39 is 0 Å². The summed E-state index contributed by atoms with van der Waals surface area (Å²) in [5.41, 5.74) is 1.11. The first-order chi connectivity index (χ1) is 9.19. The third-order valence-corrected chi connectivity index (χ3v) is 4.09. The minimum atomic E-state index is 0.680. The second-order valence-corrected chi connectivity index (χ2v) is 5.83. The van der Waals surface area contributed by atoms with Crippen LogP contribution in [0.25, 0.3) is 0 Å². The topological polar surface area (TPSA) is 49.8 Å². The lowest BCUT2D eigenvalue weighted by molar-refractivity contribution is 0.274. The van der Waals surface area contributed by atoms with Crippen molar-refractivity contribution in [1.29, 1.82) is 0 Å². The molecular formula is C15H26N4. The normalized spacial score (nSPS) is 23.1. The summed E-state index contributed by atoms with van der Waals surface area (Å²) in [6.07, 6.45) is 8.73. The van der Waals surface area contributed by atoms with E-state index in [4.69, 9.17) is 0 Å². The second-order valence-electron chi connectivity index (χ2n) is 5.83. The van der Waals surface area contributed by atoms with Crippen molar-refractivity contribution in [3.8, 4) is 0 Å². The molecule has 19 heavy (non-hydrogen) atoms. The summed E-state index contributed by atoms with van der Waals surface area (Å²) in [6.45, 7) is 5.44. The van der Waals surface area contributed by atoms with Gasteiger partial charge in [-0.25, -0.2) is 4.98 Å². The van der Waals surface area contributed by atoms with Crippen LogP contribution < -0.4 is 10.6 Å². The highest BCUT2D eigenvalue weighted by Crippen LogP contribution is 2.30. The fourth-order valence-corrected chi connectivity index (χ4v) is 2.96. The minimum Gasteiger partial charge on any atom is -0.370 e. The number of rotatable bonds is 5. The molecule has 1 saturated carbocycles. The maximum Gasteiger partial charge on any atom is 0.224 e. The van der Waals surface area contributed by atoms with Gasteiger partial charge in [0.2, 0.25) is 5.95 Å². The van der Waals surface area contributed by atoms with Crippen molar-refractivity contribution in [3.05, 3.63) is 11.8 Å². The molecule has 2 rings (SSSR count). The lowest BCUT2D eigenvalue weighted by Crippen LogP contribution is -2.17. The maximum absolute atomic E-state index is 4.46. The number of hydrogen-bond acceptors (Lipinski definition) is 4. The van der Waals surface area contributed by atoms with Gasteiger partial charge in [-0.1, -0.05) is 26.2 Å². The van der Waals surface area contributed by atoms with Crippen molar-refractivity contribution >= 4 is 11.8 Å². The van der Waals surface area contributed by atoms with E-state index in [0.717, 1.165) is 29.8 Å². The van der Waals surface area contributed by atoms with E-state index in [9.17, 15) is 0 Å². The second kappa shape index (κ2) is 6.73. The van der Waals surface area contributed by atoms with Crippen LogP contribution in [-0.2, 0) is 0 Å². The van der Waals surface area contributed by atoms with E-state index in [-0.39, 0.29) is 0 Å². The molecule has 0 aromatic carbocycles. The number of nitrogens with zero attached hydrogens (tertiary/aromatic N) is 2. The molecule has 1 aromatic rings. The Hall–Kier alpha value is -1.32. The van der Waals surface area contributed by atoms with Crippen LogP contribution in [0.2, 0.25) is 0 Å². The quantitative estimate of drug-likeness (QED) is 0.853. The Balaban J connectivity index is 1.81. The van der Waals surface area contributed by atoms with Crippen molar-refractivity contribution in [1.82, 2.24) is 9.97 Å². The molecule has 0 spiro atoms. The van der Waals surface area contributed by atoms with Crippen LogP contribution >= 0.6 is 0 Å². The number of anilines is 2. The van der Waals surface area contributed by atoms with Gasteiger partial charge in [0, 0.05) is 25.4 Å². The standard InChI is InChI=1S/C15H26N4/c1-11-5-4-6-13(9-11)7-8-17-14-12(2)10-18-15(16-3)19-14/h10-11,13H,4-9H2,1-3H3,(H2,16,17,18,19). The highest BCUT2D eigenvalue weighted by atomic mass is 15.1. The predicted molar refractivity (Wildman–Crippen MR) is 80.5 cm³/mol. The van der Waals surface area contributed by atoms with Crippen LogP contribution in [0.15, 0.2) is 6.20 Å². The molecular weight excluding hydrogens is 236 g/mol.